The van der Waals surface area contributed by atoms with E-state index in [-0.39, 0.29) is 5.54 Å². The van der Waals surface area contributed by atoms with Crippen LogP contribution >= 0.6 is 0 Å². The minimum atomic E-state index is -0.0213. The van der Waals surface area contributed by atoms with Gasteiger partial charge in [0.1, 0.15) is 0 Å². The molecule has 6 nitrogen and oxygen atoms in total. The first-order chi connectivity index (χ1) is 12.3. The molecule has 136 valence electrons. The van der Waals surface area contributed by atoms with Gasteiger partial charge in [-0.05, 0) is 57.7 Å². The lowest BCUT2D eigenvalue weighted by Crippen LogP contribution is -2.63. The summed E-state index contributed by atoms with van der Waals surface area (Å²) in [6.45, 7) is 6.15. The van der Waals surface area contributed by atoms with Gasteiger partial charge in [0.05, 0.1) is 5.54 Å². The highest BCUT2D eigenvalue weighted by atomic mass is 16.2. The van der Waals surface area contributed by atoms with Crippen molar-refractivity contribution in [3.8, 4) is 0 Å². The van der Waals surface area contributed by atoms with Crippen molar-refractivity contribution in [3.05, 3.63) is 18.5 Å². The molecule has 0 N–H and O–H groups in total. The molecule has 0 saturated carbocycles. The van der Waals surface area contributed by atoms with Gasteiger partial charge in [-0.1, -0.05) is 0 Å². The summed E-state index contributed by atoms with van der Waals surface area (Å²) in [5.41, 5.74) is -0.0213. The summed E-state index contributed by atoms with van der Waals surface area (Å²) in [5.74, 6) is 1.15. The van der Waals surface area contributed by atoms with Gasteiger partial charge in [0.25, 0.3) is 0 Å². The van der Waals surface area contributed by atoms with Gasteiger partial charge in [-0.15, -0.1) is 0 Å². The van der Waals surface area contributed by atoms with E-state index >= 15 is 0 Å². The minimum absolute atomic E-state index is 0.0213. The van der Waals surface area contributed by atoms with Gasteiger partial charge in [-0.2, -0.15) is 0 Å². The van der Waals surface area contributed by atoms with E-state index in [4.69, 9.17) is 0 Å². The molecule has 1 amide bonds. The maximum absolute atomic E-state index is 12.8. The van der Waals surface area contributed by atoms with Crippen LogP contribution in [0.15, 0.2) is 18.5 Å². The lowest BCUT2D eigenvalue weighted by molar-refractivity contribution is -0.143. The summed E-state index contributed by atoms with van der Waals surface area (Å²) in [7, 11) is 0. The average Bonchev–Trinajstić information content (AvgIpc) is 3.16. The fraction of sp³-hybridized carbons (Fsp3) is 0.737. The molecular formula is C19H29N5O. The standard InChI is InChI=1S/C19H29N5O/c25-17-6-3-7-19(24(17)15-14-22-11-1-2-12-22)8-4-13-23(16-19)18-20-9-5-10-21-18/h5,9-10H,1-4,6-8,11-16H2. The molecule has 4 heterocycles. The number of amides is 1. The van der Waals surface area contributed by atoms with Crippen LogP contribution in [0.25, 0.3) is 0 Å². The molecule has 3 aliphatic heterocycles. The first-order valence-corrected chi connectivity index (χ1v) is 9.82. The Labute approximate surface area is 150 Å². The lowest BCUT2D eigenvalue weighted by atomic mass is 9.79. The molecule has 25 heavy (non-hydrogen) atoms. The van der Waals surface area contributed by atoms with Crippen LogP contribution in [0.2, 0.25) is 0 Å². The molecule has 1 atom stereocenters. The molecule has 0 bridgehead atoms. The Kier molecular flexibility index (Phi) is 4.88. The number of carbonyl (C=O) groups is 1. The van der Waals surface area contributed by atoms with Crippen molar-refractivity contribution in [2.75, 3.05) is 44.2 Å². The highest BCUT2D eigenvalue weighted by Gasteiger charge is 2.45. The van der Waals surface area contributed by atoms with E-state index in [2.05, 4.69) is 24.7 Å². The molecule has 1 unspecified atom stereocenters. The van der Waals surface area contributed by atoms with Crippen molar-refractivity contribution in [2.24, 2.45) is 0 Å². The van der Waals surface area contributed by atoms with Gasteiger partial charge in [0, 0.05) is 45.0 Å². The second-order valence-corrected chi connectivity index (χ2v) is 7.75. The molecule has 1 spiro atoms. The fourth-order valence-electron chi connectivity index (χ4n) is 4.87. The van der Waals surface area contributed by atoms with E-state index in [0.717, 1.165) is 57.8 Å². The number of aromatic nitrogens is 2. The molecule has 6 heteroatoms. The van der Waals surface area contributed by atoms with Gasteiger partial charge in [0.2, 0.25) is 11.9 Å². The average molecular weight is 343 g/mol. The quantitative estimate of drug-likeness (QED) is 0.836. The Morgan fingerprint density at radius 1 is 0.960 bits per heavy atom. The summed E-state index contributed by atoms with van der Waals surface area (Å²) in [5, 5.41) is 0. The van der Waals surface area contributed by atoms with E-state index in [0.29, 0.717) is 12.3 Å². The zero-order valence-corrected chi connectivity index (χ0v) is 15.1. The van der Waals surface area contributed by atoms with Crippen molar-refractivity contribution in [1.82, 2.24) is 19.8 Å². The van der Waals surface area contributed by atoms with Crippen molar-refractivity contribution in [2.45, 2.75) is 50.5 Å². The van der Waals surface area contributed by atoms with Gasteiger partial charge in [-0.25, -0.2) is 9.97 Å². The van der Waals surface area contributed by atoms with Crippen LogP contribution in [0.4, 0.5) is 5.95 Å². The van der Waals surface area contributed by atoms with Crippen LogP contribution in [-0.4, -0.2) is 70.5 Å². The van der Waals surface area contributed by atoms with Crippen molar-refractivity contribution < 1.29 is 4.79 Å². The van der Waals surface area contributed by atoms with Gasteiger partial charge >= 0.3 is 0 Å². The largest absolute Gasteiger partial charge is 0.338 e. The molecule has 1 aromatic rings. The van der Waals surface area contributed by atoms with E-state index in [9.17, 15) is 4.79 Å². The van der Waals surface area contributed by atoms with E-state index in [1.165, 1.54) is 25.9 Å². The third-order valence-electron chi connectivity index (χ3n) is 6.14. The molecule has 3 fully saturated rings. The SMILES string of the molecule is O=C1CCCC2(CCCN(c3ncccn3)C2)N1CCN1CCCC1. The van der Waals surface area contributed by atoms with Crippen molar-refractivity contribution >= 4 is 11.9 Å². The molecule has 3 saturated heterocycles. The Balaban J connectivity index is 1.50. The first kappa shape index (κ1) is 16.8. The molecule has 1 aromatic heterocycles. The smallest absolute Gasteiger partial charge is 0.225 e. The Morgan fingerprint density at radius 2 is 1.72 bits per heavy atom. The third kappa shape index (κ3) is 3.50. The highest BCUT2D eigenvalue weighted by molar-refractivity contribution is 5.78. The molecule has 0 radical (unpaired) electrons. The Bertz CT molecular complexity index is 585. The topological polar surface area (TPSA) is 52.6 Å². The Morgan fingerprint density at radius 3 is 2.52 bits per heavy atom. The van der Waals surface area contributed by atoms with E-state index in [1.54, 1.807) is 12.4 Å². The van der Waals surface area contributed by atoms with Gasteiger partial charge in [-0.3, -0.25) is 4.79 Å². The van der Waals surface area contributed by atoms with Crippen LogP contribution in [0.1, 0.15) is 44.9 Å². The second kappa shape index (κ2) is 7.28. The van der Waals surface area contributed by atoms with Crippen molar-refractivity contribution in [3.63, 3.8) is 0 Å². The van der Waals surface area contributed by atoms with E-state index in [1.807, 2.05) is 6.07 Å². The van der Waals surface area contributed by atoms with E-state index < -0.39 is 0 Å². The minimum Gasteiger partial charge on any atom is -0.338 e. The molecule has 3 aliphatic rings. The maximum Gasteiger partial charge on any atom is 0.225 e. The fourth-order valence-corrected chi connectivity index (χ4v) is 4.87. The number of likely N-dealkylation sites (tertiary alicyclic amines) is 2. The summed E-state index contributed by atoms with van der Waals surface area (Å²) in [6, 6.07) is 1.86. The predicted octanol–water partition coefficient (Wildman–Crippen LogP) is 1.92. The summed E-state index contributed by atoms with van der Waals surface area (Å²) >= 11 is 0. The molecule has 4 rings (SSSR count). The summed E-state index contributed by atoms with van der Waals surface area (Å²) in [4.78, 5) is 28.7. The molecule has 0 aliphatic carbocycles. The normalized spacial score (nSPS) is 28.1. The number of anilines is 1. The number of nitrogens with zero attached hydrogens (tertiary/aromatic N) is 5. The van der Waals surface area contributed by atoms with Crippen LogP contribution in [0.5, 0.6) is 0 Å². The molecular weight excluding hydrogens is 314 g/mol. The number of rotatable bonds is 4. The van der Waals surface area contributed by atoms with Crippen molar-refractivity contribution in [1.29, 1.82) is 0 Å². The zero-order chi connectivity index (χ0) is 17.1. The highest BCUT2D eigenvalue weighted by Crippen LogP contribution is 2.37. The van der Waals surface area contributed by atoms with Crippen LogP contribution in [0, 0.1) is 0 Å². The van der Waals surface area contributed by atoms with Crippen LogP contribution in [0.3, 0.4) is 0 Å². The second-order valence-electron chi connectivity index (χ2n) is 7.75. The zero-order valence-electron chi connectivity index (χ0n) is 15.1. The first-order valence-electron chi connectivity index (χ1n) is 9.82. The third-order valence-corrected chi connectivity index (χ3v) is 6.14. The predicted molar refractivity (Wildman–Crippen MR) is 97.4 cm³/mol. The van der Waals surface area contributed by atoms with Gasteiger partial charge < -0.3 is 14.7 Å². The maximum atomic E-state index is 12.8. The van der Waals surface area contributed by atoms with Gasteiger partial charge in [0.15, 0.2) is 0 Å². The van der Waals surface area contributed by atoms with Crippen LogP contribution in [-0.2, 0) is 4.79 Å². The monoisotopic (exact) mass is 343 g/mol. The summed E-state index contributed by atoms with van der Waals surface area (Å²) in [6.07, 6.45) is 11.3. The lowest BCUT2D eigenvalue weighted by Gasteiger charge is -2.52. The number of hydrogen-bond donors (Lipinski definition) is 0. The van der Waals surface area contributed by atoms with Crippen LogP contribution < -0.4 is 4.90 Å². The summed E-state index contributed by atoms with van der Waals surface area (Å²) < 4.78 is 0. The number of hydrogen-bond acceptors (Lipinski definition) is 5. The Hall–Kier alpha value is -1.69. The molecule has 0 aromatic carbocycles. The number of piperidine rings is 2. The number of carbonyl (C=O) groups excluding carboxylic acids is 1.